The van der Waals surface area contributed by atoms with Crippen molar-refractivity contribution in [1.82, 2.24) is 4.98 Å². The summed E-state index contributed by atoms with van der Waals surface area (Å²) in [6, 6.07) is 13.3. The number of aromatic nitrogens is 1. The standard InChI is InChI=1S/C23H20N2O3/c1-28-23(27)15-9-10-20-14(13-15)11-12-25(20)22(26)21-16-5-2-3-7-18(16)24-19-8-4-6-17(19)21/h2-3,5,7,9-10,13H,4,6,8,11-12H2,1H3. The average molecular weight is 372 g/mol. The number of hydrogen-bond donors (Lipinski definition) is 0. The van der Waals surface area contributed by atoms with Crippen LogP contribution in [0.4, 0.5) is 5.69 Å². The number of fused-ring (bicyclic) bond motifs is 3. The van der Waals surface area contributed by atoms with E-state index in [2.05, 4.69) is 0 Å². The molecule has 5 nitrogen and oxygen atoms in total. The van der Waals surface area contributed by atoms with Gasteiger partial charge in [-0.25, -0.2) is 4.79 Å². The van der Waals surface area contributed by atoms with Crippen LogP contribution in [-0.4, -0.2) is 30.5 Å². The van der Waals surface area contributed by atoms with Gasteiger partial charge in [-0.3, -0.25) is 9.78 Å². The van der Waals surface area contributed by atoms with E-state index in [1.165, 1.54) is 7.11 Å². The Morgan fingerprint density at radius 2 is 1.93 bits per heavy atom. The first-order chi connectivity index (χ1) is 13.7. The molecule has 5 heteroatoms. The predicted molar refractivity (Wildman–Crippen MR) is 107 cm³/mol. The summed E-state index contributed by atoms with van der Waals surface area (Å²) in [5.41, 5.74) is 6.24. The van der Waals surface area contributed by atoms with Crippen molar-refractivity contribution in [3.05, 3.63) is 70.4 Å². The van der Waals surface area contributed by atoms with Crippen molar-refractivity contribution in [3.63, 3.8) is 0 Å². The fraction of sp³-hybridized carbons (Fsp3) is 0.261. The highest BCUT2D eigenvalue weighted by Crippen LogP contribution is 2.35. The first-order valence-electron chi connectivity index (χ1n) is 9.61. The Kier molecular flexibility index (Phi) is 3.90. The fourth-order valence-electron chi connectivity index (χ4n) is 4.45. The molecule has 0 spiro atoms. The number of carbonyl (C=O) groups is 2. The molecule has 0 N–H and O–H groups in total. The molecule has 0 radical (unpaired) electrons. The number of amides is 1. The van der Waals surface area contributed by atoms with Gasteiger partial charge < -0.3 is 9.64 Å². The Morgan fingerprint density at radius 3 is 2.79 bits per heavy atom. The van der Waals surface area contributed by atoms with Crippen LogP contribution < -0.4 is 4.90 Å². The summed E-state index contributed by atoms with van der Waals surface area (Å²) in [4.78, 5) is 32.1. The maximum atomic E-state index is 13.7. The first-order valence-corrected chi connectivity index (χ1v) is 9.61. The molecule has 2 aromatic carbocycles. The number of methoxy groups -OCH3 is 1. The Labute approximate surface area is 162 Å². The monoisotopic (exact) mass is 372 g/mol. The zero-order valence-electron chi connectivity index (χ0n) is 15.7. The number of rotatable bonds is 2. The lowest BCUT2D eigenvalue weighted by atomic mass is 10.00. The van der Waals surface area contributed by atoms with Crippen molar-refractivity contribution in [2.45, 2.75) is 25.7 Å². The SMILES string of the molecule is COC(=O)c1ccc2c(c1)CCN2C(=O)c1c2c(nc3ccccc13)CCC2. The van der Waals surface area contributed by atoms with Crippen molar-refractivity contribution in [2.75, 3.05) is 18.6 Å². The van der Waals surface area contributed by atoms with Crippen LogP contribution in [0.25, 0.3) is 10.9 Å². The van der Waals surface area contributed by atoms with Crippen LogP contribution in [0.2, 0.25) is 0 Å². The molecule has 0 saturated heterocycles. The normalized spacial score (nSPS) is 14.8. The molecule has 1 amide bonds. The fourth-order valence-corrected chi connectivity index (χ4v) is 4.45. The number of carbonyl (C=O) groups excluding carboxylic acids is 2. The van der Waals surface area contributed by atoms with Crippen molar-refractivity contribution in [2.24, 2.45) is 0 Å². The molecule has 28 heavy (non-hydrogen) atoms. The van der Waals surface area contributed by atoms with Crippen LogP contribution in [0.5, 0.6) is 0 Å². The molecular formula is C23H20N2O3. The van der Waals surface area contributed by atoms with Gasteiger partial charge in [0.2, 0.25) is 0 Å². The minimum absolute atomic E-state index is 0.0290. The highest BCUT2D eigenvalue weighted by molar-refractivity contribution is 6.15. The van der Waals surface area contributed by atoms with Crippen LogP contribution in [0.15, 0.2) is 42.5 Å². The number of anilines is 1. The van der Waals surface area contributed by atoms with Crippen LogP contribution >= 0.6 is 0 Å². The highest BCUT2D eigenvalue weighted by Gasteiger charge is 2.31. The van der Waals surface area contributed by atoms with E-state index in [4.69, 9.17) is 9.72 Å². The van der Waals surface area contributed by atoms with Crippen molar-refractivity contribution < 1.29 is 14.3 Å². The van der Waals surface area contributed by atoms with Crippen LogP contribution in [0, 0.1) is 0 Å². The zero-order valence-corrected chi connectivity index (χ0v) is 15.7. The van der Waals surface area contributed by atoms with E-state index >= 15 is 0 Å². The van der Waals surface area contributed by atoms with Gasteiger partial charge in [-0.05, 0) is 61.1 Å². The van der Waals surface area contributed by atoms with Crippen LogP contribution in [-0.2, 0) is 24.0 Å². The summed E-state index contributed by atoms with van der Waals surface area (Å²) in [6.45, 7) is 0.615. The molecule has 0 saturated carbocycles. The van der Waals surface area contributed by atoms with Crippen molar-refractivity contribution in [3.8, 4) is 0 Å². The van der Waals surface area contributed by atoms with E-state index in [-0.39, 0.29) is 11.9 Å². The molecule has 1 aliphatic carbocycles. The number of aryl methyl sites for hydroxylation is 1. The van der Waals surface area contributed by atoms with Gasteiger partial charge in [0.15, 0.2) is 0 Å². The summed E-state index contributed by atoms with van der Waals surface area (Å²) in [5.74, 6) is -0.327. The number of benzene rings is 2. The predicted octanol–water partition coefficient (Wildman–Crippen LogP) is 3.71. The Balaban J connectivity index is 1.61. The van der Waals surface area contributed by atoms with E-state index in [0.717, 1.165) is 64.7 Å². The first kappa shape index (κ1) is 16.9. The third-order valence-electron chi connectivity index (χ3n) is 5.77. The quantitative estimate of drug-likeness (QED) is 0.644. The average Bonchev–Trinajstić information content (AvgIpc) is 3.36. The maximum Gasteiger partial charge on any atom is 0.337 e. The molecule has 0 unspecified atom stereocenters. The molecular weight excluding hydrogens is 352 g/mol. The number of ether oxygens (including phenoxy) is 1. The molecule has 3 aromatic rings. The van der Waals surface area contributed by atoms with Crippen molar-refractivity contribution >= 4 is 28.5 Å². The lowest BCUT2D eigenvalue weighted by Gasteiger charge is -2.20. The van der Waals surface area contributed by atoms with E-state index in [9.17, 15) is 9.59 Å². The number of pyridine rings is 1. The minimum atomic E-state index is -0.356. The summed E-state index contributed by atoms with van der Waals surface area (Å²) in [6.07, 6.45) is 3.60. The third kappa shape index (κ3) is 2.50. The summed E-state index contributed by atoms with van der Waals surface area (Å²) in [5, 5.41) is 0.924. The van der Waals surface area contributed by atoms with E-state index < -0.39 is 0 Å². The minimum Gasteiger partial charge on any atom is -0.465 e. The molecule has 1 aliphatic heterocycles. The number of hydrogen-bond acceptors (Lipinski definition) is 4. The molecule has 2 aliphatic rings. The number of nitrogens with zero attached hydrogens (tertiary/aromatic N) is 2. The van der Waals surface area contributed by atoms with Gasteiger partial charge >= 0.3 is 5.97 Å². The Bertz CT molecular complexity index is 1140. The van der Waals surface area contributed by atoms with Gasteiger partial charge in [0, 0.05) is 23.3 Å². The largest absolute Gasteiger partial charge is 0.465 e. The smallest absolute Gasteiger partial charge is 0.337 e. The molecule has 0 bridgehead atoms. The van der Waals surface area contributed by atoms with E-state index in [1.807, 2.05) is 41.3 Å². The van der Waals surface area contributed by atoms with E-state index in [1.54, 1.807) is 6.07 Å². The van der Waals surface area contributed by atoms with Crippen LogP contribution in [0.3, 0.4) is 0 Å². The van der Waals surface area contributed by atoms with Gasteiger partial charge in [0.1, 0.15) is 0 Å². The molecule has 140 valence electrons. The summed E-state index contributed by atoms with van der Waals surface area (Å²) in [7, 11) is 1.38. The number of esters is 1. The zero-order chi connectivity index (χ0) is 19.3. The molecule has 0 fully saturated rings. The molecule has 0 atom stereocenters. The molecule has 5 rings (SSSR count). The summed E-state index contributed by atoms with van der Waals surface area (Å²) < 4.78 is 4.81. The second kappa shape index (κ2) is 6.44. The second-order valence-corrected chi connectivity index (χ2v) is 7.32. The summed E-state index contributed by atoms with van der Waals surface area (Å²) >= 11 is 0. The Hall–Kier alpha value is -3.21. The lowest BCUT2D eigenvalue weighted by molar-refractivity contribution is 0.0600. The van der Waals surface area contributed by atoms with Gasteiger partial charge in [0.25, 0.3) is 5.91 Å². The second-order valence-electron chi connectivity index (χ2n) is 7.32. The van der Waals surface area contributed by atoms with Gasteiger partial charge in [-0.2, -0.15) is 0 Å². The molecule has 1 aromatic heterocycles. The maximum absolute atomic E-state index is 13.7. The number of para-hydroxylation sites is 1. The lowest BCUT2D eigenvalue weighted by Crippen LogP contribution is -2.30. The third-order valence-corrected chi connectivity index (χ3v) is 5.77. The van der Waals surface area contributed by atoms with Gasteiger partial charge in [0.05, 0.1) is 23.8 Å². The van der Waals surface area contributed by atoms with Crippen LogP contribution in [0.1, 0.15) is 44.0 Å². The molecule has 2 heterocycles. The van der Waals surface area contributed by atoms with Crippen molar-refractivity contribution in [1.29, 1.82) is 0 Å². The van der Waals surface area contributed by atoms with E-state index in [0.29, 0.717) is 12.1 Å². The van der Waals surface area contributed by atoms with Gasteiger partial charge in [-0.15, -0.1) is 0 Å². The van der Waals surface area contributed by atoms with Gasteiger partial charge in [-0.1, -0.05) is 18.2 Å². The highest BCUT2D eigenvalue weighted by atomic mass is 16.5. The Morgan fingerprint density at radius 1 is 1.07 bits per heavy atom. The topological polar surface area (TPSA) is 59.5 Å².